The summed E-state index contributed by atoms with van der Waals surface area (Å²) in [7, 11) is 4.61. The maximum Gasteiger partial charge on any atom is 0.204 e. The van der Waals surface area contributed by atoms with Crippen molar-refractivity contribution in [2.45, 2.75) is 37.6 Å². The van der Waals surface area contributed by atoms with Gasteiger partial charge in [0.25, 0.3) is 0 Å². The van der Waals surface area contributed by atoms with Gasteiger partial charge in [-0.05, 0) is 38.3 Å². The van der Waals surface area contributed by atoms with Gasteiger partial charge < -0.3 is 19.5 Å². The molecule has 2 fully saturated rings. The van der Waals surface area contributed by atoms with Crippen molar-refractivity contribution in [3.8, 4) is 0 Å². The molecule has 1 spiro atoms. The first-order chi connectivity index (χ1) is 11.5. The van der Waals surface area contributed by atoms with Gasteiger partial charge in [-0.2, -0.15) is 0 Å². The first-order valence-electron chi connectivity index (χ1n) is 8.42. The number of carbonyl (C=O) groups is 2. The molecule has 0 aromatic heterocycles. The van der Waals surface area contributed by atoms with Gasteiger partial charge in [0.15, 0.2) is 11.5 Å². The molecule has 0 aromatic rings. The second-order valence-electron chi connectivity index (χ2n) is 7.22. The van der Waals surface area contributed by atoms with E-state index in [2.05, 4.69) is 5.32 Å². The lowest BCUT2D eigenvalue weighted by Gasteiger charge is -2.50. The normalized spacial score (nSPS) is 40.7. The highest BCUT2D eigenvalue weighted by atomic mass is 16.5. The Hall–Kier alpha value is -1.82. The minimum absolute atomic E-state index is 0.0414. The summed E-state index contributed by atoms with van der Waals surface area (Å²) in [5.41, 5.74) is -1.56. The summed E-state index contributed by atoms with van der Waals surface area (Å²) in [6.07, 6.45) is 5.08. The summed E-state index contributed by atoms with van der Waals surface area (Å²) in [4.78, 5) is 26.0. The van der Waals surface area contributed by atoms with Crippen molar-refractivity contribution in [2.24, 2.45) is 10.8 Å². The molecule has 3 aliphatic carbocycles. The molecule has 6 nitrogen and oxygen atoms in total. The van der Waals surface area contributed by atoms with Crippen LogP contribution >= 0.6 is 0 Å². The molecule has 1 saturated carbocycles. The number of methoxy groups -OCH3 is 3. The largest absolute Gasteiger partial charge is 0.495 e. The molecule has 0 aromatic carbocycles. The second kappa shape index (κ2) is 4.85. The van der Waals surface area contributed by atoms with Gasteiger partial charge in [-0.3, -0.25) is 9.59 Å². The molecular formula is C18H23NO5. The topological polar surface area (TPSA) is 73.9 Å². The number of nitrogens with one attached hydrogen (secondary N) is 1. The lowest BCUT2D eigenvalue weighted by atomic mass is 9.53. The van der Waals surface area contributed by atoms with Crippen LogP contribution in [0.15, 0.2) is 23.4 Å². The van der Waals surface area contributed by atoms with E-state index >= 15 is 0 Å². The van der Waals surface area contributed by atoms with Crippen molar-refractivity contribution in [2.75, 3.05) is 27.9 Å². The Labute approximate surface area is 141 Å². The van der Waals surface area contributed by atoms with E-state index in [9.17, 15) is 9.59 Å². The van der Waals surface area contributed by atoms with Crippen LogP contribution in [-0.2, 0) is 23.8 Å². The average Bonchev–Trinajstić information content (AvgIpc) is 3.19. The Kier molecular flexibility index (Phi) is 3.17. The van der Waals surface area contributed by atoms with Crippen molar-refractivity contribution < 1.29 is 23.8 Å². The molecule has 24 heavy (non-hydrogen) atoms. The Morgan fingerprint density at radius 3 is 2.46 bits per heavy atom. The number of carbonyl (C=O) groups excluding carboxylic acids is 2. The molecule has 0 bridgehead atoms. The first kappa shape index (κ1) is 15.7. The number of rotatable bonds is 3. The quantitative estimate of drug-likeness (QED) is 0.843. The second-order valence-corrected chi connectivity index (χ2v) is 7.22. The molecule has 130 valence electrons. The first-order valence-corrected chi connectivity index (χ1v) is 8.42. The predicted molar refractivity (Wildman–Crippen MR) is 84.8 cm³/mol. The average molecular weight is 333 g/mol. The van der Waals surface area contributed by atoms with E-state index in [0.29, 0.717) is 30.1 Å². The predicted octanol–water partition coefficient (Wildman–Crippen LogP) is 1.47. The van der Waals surface area contributed by atoms with Gasteiger partial charge in [-0.15, -0.1) is 0 Å². The highest BCUT2D eigenvalue weighted by Crippen LogP contribution is 2.71. The lowest BCUT2D eigenvalue weighted by Crippen LogP contribution is -2.60. The van der Waals surface area contributed by atoms with E-state index in [1.54, 1.807) is 7.11 Å². The zero-order valence-corrected chi connectivity index (χ0v) is 14.4. The van der Waals surface area contributed by atoms with Crippen molar-refractivity contribution in [1.82, 2.24) is 5.32 Å². The van der Waals surface area contributed by atoms with Crippen LogP contribution in [0.25, 0.3) is 0 Å². The van der Waals surface area contributed by atoms with Gasteiger partial charge in [-0.1, -0.05) is 0 Å². The van der Waals surface area contributed by atoms with E-state index in [-0.39, 0.29) is 11.6 Å². The standard InChI is InChI=1S/C18H23NO5/c1-22-12-4-5-16(14(12)21)6-7-18-15(24-3)13(23-2)11(20)10-17(16,18)8-9-19-18/h4,19H,5-10H2,1-3H3/t16-,17-,18+/m0/s1. The molecule has 1 heterocycles. The number of hydrogen-bond acceptors (Lipinski definition) is 6. The fraction of sp³-hybridized carbons (Fsp3) is 0.667. The molecule has 4 rings (SSSR count). The number of ketones is 2. The highest BCUT2D eigenvalue weighted by molar-refractivity contribution is 6.04. The van der Waals surface area contributed by atoms with Crippen LogP contribution in [-0.4, -0.2) is 45.0 Å². The van der Waals surface area contributed by atoms with Crippen LogP contribution in [0.1, 0.15) is 32.1 Å². The van der Waals surface area contributed by atoms with Crippen molar-refractivity contribution in [1.29, 1.82) is 0 Å². The van der Waals surface area contributed by atoms with Crippen LogP contribution in [0.4, 0.5) is 0 Å². The van der Waals surface area contributed by atoms with Crippen molar-refractivity contribution in [3.05, 3.63) is 23.4 Å². The van der Waals surface area contributed by atoms with Gasteiger partial charge in [0.1, 0.15) is 0 Å². The summed E-state index contributed by atoms with van der Waals surface area (Å²) >= 11 is 0. The Morgan fingerprint density at radius 1 is 1.04 bits per heavy atom. The third-order valence-electron chi connectivity index (χ3n) is 6.87. The monoisotopic (exact) mass is 333 g/mol. The van der Waals surface area contributed by atoms with Crippen LogP contribution in [0.3, 0.4) is 0 Å². The molecule has 1 aliphatic heterocycles. The van der Waals surface area contributed by atoms with Gasteiger partial charge in [-0.25, -0.2) is 0 Å². The molecule has 0 unspecified atom stereocenters. The van der Waals surface area contributed by atoms with E-state index in [1.165, 1.54) is 14.2 Å². The Bertz CT molecular complexity index is 696. The Balaban J connectivity index is 1.92. The van der Waals surface area contributed by atoms with Gasteiger partial charge in [0.2, 0.25) is 17.3 Å². The molecule has 1 saturated heterocycles. The molecular weight excluding hydrogens is 310 g/mol. The maximum atomic E-state index is 13.2. The van der Waals surface area contributed by atoms with Gasteiger partial charge in [0.05, 0.1) is 26.9 Å². The molecule has 0 amide bonds. The summed E-state index contributed by atoms with van der Waals surface area (Å²) in [6, 6.07) is 0. The SMILES string of the molecule is COC1=CC[C@]2(CC[C@]34NCC[C@]23CC(=O)C(OC)=C4OC)C1=O. The number of Topliss-reactive ketones (excluding diaryl/α,β-unsaturated/α-hetero) is 2. The maximum absolute atomic E-state index is 13.2. The summed E-state index contributed by atoms with van der Waals surface area (Å²) in [6.45, 7) is 0.758. The van der Waals surface area contributed by atoms with Gasteiger partial charge >= 0.3 is 0 Å². The molecule has 4 aliphatic rings. The van der Waals surface area contributed by atoms with Crippen LogP contribution in [0, 0.1) is 10.8 Å². The number of hydrogen-bond donors (Lipinski definition) is 1. The van der Waals surface area contributed by atoms with E-state index in [0.717, 1.165) is 25.8 Å². The van der Waals surface area contributed by atoms with Crippen LogP contribution in [0.2, 0.25) is 0 Å². The highest BCUT2D eigenvalue weighted by Gasteiger charge is 2.77. The van der Waals surface area contributed by atoms with E-state index < -0.39 is 16.4 Å². The third kappa shape index (κ3) is 1.42. The summed E-state index contributed by atoms with van der Waals surface area (Å²) < 4.78 is 16.4. The minimum Gasteiger partial charge on any atom is -0.495 e. The van der Waals surface area contributed by atoms with Crippen LogP contribution in [0.5, 0.6) is 0 Å². The van der Waals surface area contributed by atoms with Gasteiger partial charge in [0, 0.05) is 17.3 Å². The molecule has 1 N–H and O–H groups in total. The van der Waals surface area contributed by atoms with Crippen LogP contribution < -0.4 is 5.32 Å². The zero-order chi connectivity index (χ0) is 17.2. The van der Waals surface area contributed by atoms with E-state index in [4.69, 9.17) is 14.2 Å². The molecule has 3 atom stereocenters. The fourth-order valence-electron chi connectivity index (χ4n) is 5.95. The number of ether oxygens (including phenoxy) is 3. The summed E-state index contributed by atoms with van der Waals surface area (Å²) in [5, 5.41) is 3.58. The zero-order valence-electron chi connectivity index (χ0n) is 14.4. The van der Waals surface area contributed by atoms with Crippen molar-refractivity contribution in [3.63, 3.8) is 0 Å². The fourth-order valence-corrected chi connectivity index (χ4v) is 5.95. The third-order valence-corrected chi connectivity index (χ3v) is 6.87. The molecule has 6 heteroatoms. The van der Waals surface area contributed by atoms with Crippen molar-refractivity contribution >= 4 is 11.6 Å². The summed E-state index contributed by atoms with van der Waals surface area (Å²) in [5.74, 6) is 1.26. The smallest absolute Gasteiger partial charge is 0.204 e. The molecule has 0 radical (unpaired) electrons. The lowest BCUT2D eigenvalue weighted by molar-refractivity contribution is -0.139. The van der Waals surface area contributed by atoms with E-state index in [1.807, 2.05) is 6.08 Å². The number of allylic oxidation sites excluding steroid dienone is 3. The minimum atomic E-state index is -0.583. The Morgan fingerprint density at radius 2 is 1.83 bits per heavy atom.